The summed E-state index contributed by atoms with van der Waals surface area (Å²) in [6, 6.07) is 0.449. The molecule has 0 rings (SSSR count). The molecule has 0 spiro atoms. The topological polar surface area (TPSA) is 61.8 Å². The van der Waals surface area contributed by atoms with Gasteiger partial charge in [0.05, 0.1) is 0 Å². The third-order valence-electron chi connectivity index (χ3n) is 9.48. The standard InChI is InChI=1S/C37H85O5PSSi3/c1-12-16-20-21-22-23-24-25-26-27-28-29-30-31-35-43(32-17-13-2,33-18-14-3,34-19-15-4)40-44(38,39)36-37-47(11,41-45(5,6)7)42-46(8,9)10/h12-37H2,1-11H3. The molecule has 0 aliphatic carbocycles. The molecule has 0 amide bonds. The molecule has 47 heavy (non-hydrogen) atoms. The van der Waals surface area contributed by atoms with Crippen molar-refractivity contribution >= 4 is 42.1 Å². The average molecular weight is 757 g/mol. The fourth-order valence-electron chi connectivity index (χ4n) is 7.29. The van der Waals surface area contributed by atoms with Crippen molar-refractivity contribution < 1.29 is 20.6 Å². The predicted octanol–water partition coefficient (Wildman–Crippen LogP) is 13.5. The van der Waals surface area contributed by atoms with Crippen molar-refractivity contribution in [3.63, 3.8) is 0 Å². The Morgan fingerprint density at radius 1 is 0.447 bits per heavy atom. The Bertz CT molecular complexity index is 849. The van der Waals surface area contributed by atoms with Crippen molar-refractivity contribution in [1.29, 1.82) is 0 Å². The molecule has 286 valence electrons. The first kappa shape index (κ1) is 47.9. The van der Waals surface area contributed by atoms with E-state index in [1.165, 1.54) is 83.5 Å². The number of rotatable bonds is 33. The van der Waals surface area contributed by atoms with Crippen LogP contribution >= 0.6 is 6.83 Å². The molecule has 5 nitrogen and oxygen atoms in total. The van der Waals surface area contributed by atoms with Crippen molar-refractivity contribution in [1.82, 2.24) is 0 Å². The molecule has 0 unspecified atom stereocenters. The molecule has 0 aliphatic heterocycles. The molecule has 0 aliphatic rings. The van der Waals surface area contributed by atoms with E-state index in [-0.39, 0.29) is 5.75 Å². The van der Waals surface area contributed by atoms with Crippen molar-refractivity contribution in [2.75, 3.05) is 30.4 Å². The van der Waals surface area contributed by atoms with Gasteiger partial charge in [-0.2, -0.15) is 0 Å². The molecule has 0 aromatic carbocycles. The first-order valence-corrected chi connectivity index (χ1v) is 34.0. The molecular formula is C37H85O5PSSi3. The Labute approximate surface area is 299 Å². The van der Waals surface area contributed by atoms with Crippen LogP contribution in [0.4, 0.5) is 0 Å². The van der Waals surface area contributed by atoms with Gasteiger partial charge in [0.2, 0.25) is 0 Å². The molecule has 0 aromatic heterocycles. The van der Waals surface area contributed by atoms with Crippen LogP contribution in [0.15, 0.2) is 0 Å². The van der Waals surface area contributed by atoms with Gasteiger partial charge in [0.15, 0.2) is 0 Å². The summed E-state index contributed by atoms with van der Waals surface area (Å²) in [5.41, 5.74) is 0. The van der Waals surface area contributed by atoms with Gasteiger partial charge >= 0.3 is 275 Å². The number of hydrogen-bond acceptors (Lipinski definition) is 5. The van der Waals surface area contributed by atoms with E-state index < -0.39 is 42.1 Å². The Kier molecular flexibility index (Phi) is 24.7. The normalized spacial score (nSPS) is 14.4. The molecule has 10 heteroatoms. The Morgan fingerprint density at radius 2 is 0.745 bits per heavy atom. The van der Waals surface area contributed by atoms with Gasteiger partial charge in [-0.05, 0) is 0 Å². The van der Waals surface area contributed by atoms with Crippen molar-refractivity contribution in [2.24, 2.45) is 0 Å². The first-order valence-electron chi connectivity index (χ1n) is 20.2. The van der Waals surface area contributed by atoms with Gasteiger partial charge in [0, 0.05) is 0 Å². The first-order chi connectivity index (χ1) is 21.9. The van der Waals surface area contributed by atoms with Gasteiger partial charge in [-0.15, -0.1) is 0 Å². The van der Waals surface area contributed by atoms with Crippen LogP contribution in [0.5, 0.6) is 0 Å². The summed E-state index contributed by atoms with van der Waals surface area (Å²) in [5, 5.41) is 0. The van der Waals surface area contributed by atoms with Crippen LogP contribution in [0.25, 0.3) is 0 Å². The molecule has 0 aromatic rings. The van der Waals surface area contributed by atoms with E-state index >= 15 is 0 Å². The molecule has 0 radical (unpaired) electrons. The maximum atomic E-state index is 14.2. The fraction of sp³-hybridized carbons (Fsp3) is 1.00. The molecule has 0 N–H and O–H groups in total. The van der Waals surface area contributed by atoms with Crippen LogP contribution in [0.1, 0.15) is 156 Å². The molecule has 0 heterocycles. The van der Waals surface area contributed by atoms with Gasteiger partial charge in [-0.1, -0.05) is 26.2 Å². The minimum absolute atomic E-state index is 0.0195. The summed E-state index contributed by atoms with van der Waals surface area (Å²) in [6.45, 7) is 21.2. The SMILES string of the molecule is CCCCCCCCCCCCCCCCP(CCCC)(CCCC)(CCCC)OS(=O)(=O)CC[Si](C)(O[Si](C)(C)C)O[Si](C)(C)C. The zero-order chi connectivity index (χ0) is 36.0. The summed E-state index contributed by atoms with van der Waals surface area (Å²) >= 11 is 0. The van der Waals surface area contributed by atoms with Crippen LogP contribution in [0.3, 0.4) is 0 Å². The molecule has 0 saturated carbocycles. The summed E-state index contributed by atoms with van der Waals surface area (Å²) in [6.07, 6.45) is 29.0. The maximum absolute atomic E-state index is 14.2. The zero-order valence-electron chi connectivity index (χ0n) is 33.8. The Hall–Kier alpha value is 0.911. The molecule has 0 bridgehead atoms. The number of hydrogen-bond donors (Lipinski definition) is 0. The average Bonchev–Trinajstić information content (AvgIpc) is 2.95. The second-order valence-corrected chi connectivity index (χ2v) is 37.5. The van der Waals surface area contributed by atoms with E-state index in [2.05, 4.69) is 73.5 Å². The minimum atomic E-state index is -3.74. The van der Waals surface area contributed by atoms with E-state index in [4.69, 9.17) is 12.2 Å². The molecule has 0 atom stereocenters. The number of unbranched alkanes of at least 4 members (excludes halogenated alkanes) is 16. The Balaban J connectivity index is 5.64. The van der Waals surface area contributed by atoms with E-state index in [0.717, 1.165) is 69.6 Å². The third kappa shape index (κ3) is 23.9. The predicted molar refractivity (Wildman–Crippen MR) is 222 cm³/mol. The summed E-state index contributed by atoms with van der Waals surface area (Å²) in [7, 11) is -10.3. The quantitative estimate of drug-likeness (QED) is 0.0379. The third-order valence-corrected chi connectivity index (χ3v) is 28.4. The van der Waals surface area contributed by atoms with Crippen LogP contribution in [-0.4, -0.2) is 64.0 Å². The monoisotopic (exact) mass is 757 g/mol. The van der Waals surface area contributed by atoms with Crippen molar-refractivity contribution in [3.05, 3.63) is 0 Å². The second kappa shape index (κ2) is 24.2. The van der Waals surface area contributed by atoms with E-state index in [1.807, 2.05) is 0 Å². The van der Waals surface area contributed by atoms with Gasteiger partial charge < -0.3 is 0 Å². The van der Waals surface area contributed by atoms with Crippen LogP contribution in [-0.2, 0) is 22.3 Å². The van der Waals surface area contributed by atoms with Crippen LogP contribution in [0.2, 0.25) is 51.9 Å². The zero-order valence-corrected chi connectivity index (χ0v) is 38.5. The van der Waals surface area contributed by atoms with E-state index in [9.17, 15) is 8.42 Å². The van der Waals surface area contributed by atoms with Gasteiger partial charge in [-0.25, -0.2) is 0 Å². The van der Waals surface area contributed by atoms with E-state index in [0.29, 0.717) is 6.04 Å². The van der Waals surface area contributed by atoms with Gasteiger partial charge in [-0.3, -0.25) is 0 Å². The Morgan fingerprint density at radius 3 is 1.06 bits per heavy atom. The van der Waals surface area contributed by atoms with Crippen molar-refractivity contribution in [2.45, 2.75) is 208 Å². The van der Waals surface area contributed by atoms with Gasteiger partial charge in [0.25, 0.3) is 0 Å². The van der Waals surface area contributed by atoms with Crippen LogP contribution < -0.4 is 0 Å². The van der Waals surface area contributed by atoms with Gasteiger partial charge in [0.1, 0.15) is 0 Å². The molecule has 0 fully saturated rings. The molecule has 0 saturated heterocycles. The second-order valence-electron chi connectivity index (χ2n) is 17.1. The summed E-state index contributed by atoms with van der Waals surface area (Å²) in [5.74, 6) is 0.0195. The summed E-state index contributed by atoms with van der Waals surface area (Å²) < 4.78 is 48.7. The van der Waals surface area contributed by atoms with E-state index in [1.54, 1.807) is 0 Å². The summed E-state index contributed by atoms with van der Waals surface area (Å²) in [4.78, 5) is 0. The fourth-order valence-corrected chi connectivity index (χ4v) is 31.3. The van der Waals surface area contributed by atoms with Crippen LogP contribution in [0, 0.1) is 0 Å². The molecular weight excluding hydrogens is 672 g/mol. The van der Waals surface area contributed by atoms with Crippen molar-refractivity contribution in [3.8, 4) is 0 Å².